The molecule has 2 N–H and O–H groups in total. The third-order valence-corrected chi connectivity index (χ3v) is 6.85. The van der Waals surface area contributed by atoms with Crippen LogP contribution in [0.4, 0.5) is 5.69 Å². The fraction of sp³-hybridized carbons (Fsp3) is 0.310. The number of ether oxygens (including phenoxy) is 1. The van der Waals surface area contributed by atoms with Crippen molar-refractivity contribution in [3.8, 4) is 5.75 Å². The molecule has 8 heteroatoms. The molecule has 1 unspecified atom stereocenters. The highest BCUT2D eigenvalue weighted by Gasteiger charge is 2.34. The van der Waals surface area contributed by atoms with Gasteiger partial charge in [-0.05, 0) is 80.6 Å². The number of aryl methyl sites for hydroxylation is 2. The lowest BCUT2D eigenvalue weighted by Crippen LogP contribution is -2.33. The fourth-order valence-corrected chi connectivity index (χ4v) is 4.68. The first-order valence-electron chi connectivity index (χ1n) is 11.9. The molecule has 0 bridgehead atoms. The third-order valence-electron chi connectivity index (χ3n) is 5.91. The van der Waals surface area contributed by atoms with E-state index in [1.54, 1.807) is 14.2 Å². The van der Waals surface area contributed by atoms with Crippen LogP contribution in [-0.2, 0) is 9.53 Å². The van der Waals surface area contributed by atoms with Crippen molar-refractivity contribution in [3.05, 3.63) is 92.9 Å². The molecule has 1 fully saturated rings. The molecule has 0 radical (unpaired) electrons. The smallest absolute Gasteiger partial charge is 0.228 e. The van der Waals surface area contributed by atoms with Gasteiger partial charge in [-0.3, -0.25) is 4.79 Å². The Hall–Kier alpha value is -2.32. The molecule has 0 saturated heterocycles. The second-order valence-corrected chi connectivity index (χ2v) is 10.4. The van der Waals surface area contributed by atoms with Gasteiger partial charge in [0.1, 0.15) is 5.75 Å². The minimum Gasteiger partial charge on any atom is -0.429 e. The lowest BCUT2D eigenvalue weighted by molar-refractivity contribution is -0.120. The summed E-state index contributed by atoms with van der Waals surface area (Å²) >= 11 is 13.2. The number of hydrogen-bond donors (Lipinski definition) is 3. The van der Waals surface area contributed by atoms with E-state index in [2.05, 4.69) is 43.1 Å². The minimum atomic E-state index is -0.161. The van der Waals surface area contributed by atoms with Crippen molar-refractivity contribution in [1.82, 2.24) is 0 Å². The van der Waals surface area contributed by atoms with Gasteiger partial charge in [-0.25, -0.2) is 0 Å². The van der Waals surface area contributed by atoms with Crippen molar-refractivity contribution in [2.75, 3.05) is 19.5 Å². The minimum absolute atomic E-state index is 0.00703. The molecule has 0 aromatic heterocycles. The highest BCUT2D eigenvalue weighted by Crippen LogP contribution is 2.38. The summed E-state index contributed by atoms with van der Waals surface area (Å²) in [6, 6.07) is 21.2. The first kappa shape index (κ1) is 30.9. The van der Waals surface area contributed by atoms with Crippen molar-refractivity contribution < 1.29 is 13.7 Å². The molecule has 3 aromatic rings. The van der Waals surface area contributed by atoms with E-state index in [1.807, 2.05) is 80.6 Å². The van der Waals surface area contributed by atoms with Gasteiger partial charge in [0.25, 0.3) is 0 Å². The average molecular weight is 606 g/mol. The van der Waals surface area contributed by atoms with Crippen molar-refractivity contribution in [3.63, 3.8) is 0 Å². The summed E-state index contributed by atoms with van der Waals surface area (Å²) in [5, 5.41) is 11.8. The quantitative estimate of drug-likeness (QED) is 0.206. The Bertz CT molecular complexity index is 1170. The second kappa shape index (κ2) is 15.8. The summed E-state index contributed by atoms with van der Waals surface area (Å²) in [6.45, 7) is 4.01. The summed E-state index contributed by atoms with van der Waals surface area (Å²) in [5.41, 5.74) is 4.81. The highest BCUT2D eigenvalue weighted by molar-refractivity contribution is 9.10. The molecule has 4 rings (SSSR count). The average Bonchev–Trinajstić information content (AvgIpc) is 2.87. The lowest BCUT2D eigenvalue weighted by atomic mass is 9.74. The summed E-state index contributed by atoms with van der Waals surface area (Å²) in [5.74, 6) is 0.626. The number of nitrogens with one attached hydrogen (secondary N) is 2. The largest absolute Gasteiger partial charge is 0.429 e. The van der Waals surface area contributed by atoms with Gasteiger partial charge in [0.2, 0.25) is 5.91 Å². The number of halogens is 2. The molecular weight excluding hydrogens is 572 g/mol. The van der Waals surface area contributed by atoms with Crippen LogP contribution in [0.25, 0.3) is 0 Å². The topological polar surface area (TPSA) is 71.4 Å². The number of rotatable bonds is 4. The van der Waals surface area contributed by atoms with Crippen LogP contribution in [0.1, 0.15) is 41.9 Å². The molecule has 0 aliphatic heterocycles. The van der Waals surface area contributed by atoms with E-state index in [-0.39, 0.29) is 17.7 Å². The normalized spacial score (nSPS) is 16.5. The van der Waals surface area contributed by atoms with Gasteiger partial charge in [0.15, 0.2) is 0 Å². The maximum atomic E-state index is 13.0. The molecule has 0 spiro atoms. The molecule has 1 saturated carbocycles. The predicted octanol–water partition coefficient (Wildman–Crippen LogP) is 8.43. The Balaban J connectivity index is 0.000000333. The van der Waals surface area contributed by atoms with E-state index in [4.69, 9.17) is 17.0 Å². The molecule has 1 aliphatic rings. The first-order chi connectivity index (χ1) is 17.7. The molecular formula is C29H34BrClN2O3S. The van der Waals surface area contributed by atoms with Crippen molar-refractivity contribution >= 4 is 57.7 Å². The zero-order valence-corrected chi connectivity index (χ0v) is 24.8. The zero-order chi connectivity index (χ0) is 27.4. The Labute approximate surface area is 239 Å². The molecule has 2 atom stereocenters. The Morgan fingerprint density at radius 1 is 1.08 bits per heavy atom. The molecule has 198 valence electrons. The van der Waals surface area contributed by atoms with Crippen molar-refractivity contribution in [2.45, 2.75) is 39.0 Å². The molecule has 3 aromatic carbocycles. The van der Waals surface area contributed by atoms with Crippen molar-refractivity contribution in [1.29, 1.82) is 5.41 Å². The van der Waals surface area contributed by atoms with E-state index >= 15 is 0 Å². The van der Waals surface area contributed by atoms with Gasteiger partial charge < -0.3 is 19.6 Å². The van der Waals surface area contributed by atoms with Crippen LogP contribution in [0.3, 0.4) is 0 Å². The van der Waals surface area contributed by atoms with Crippen molar-refractivity contribution in [2.24, 2.45) is 5.92 Å². The summed E-state index contributed by atoms with van der Waals surface area (Å²) in [6.07, 6.45) is 1.97. The number of anilines is 1. The van der Waals surface area contributed by atoms with Gasteiger partial charge >= 0.3 is 0 Å². The van der Waals surface area contributed by atoms with Crippen LogP contribution >= 0.6 is 40.4 Å². The van der Waals surface area contributed by atoms with Crippen LogP contribution in [0.15, 0.2) is 71.2 Å². The monoisotopic (exact) mass is 604 g/mol. The van der Waals surface area contributed by atoms with Gasteiger partial charge in [0.05, 0.1) is 0 Å². The molecule has 37 heavy (non-hydrogen) atoms. The number of thiol groups is 1. The van der Waals surface area contributed by atoms with E-state index in [1.165, 1.54) is 5.56 Å². The van der Waals surface area contributed by atoms with Gasteiger partial charge in [0, 0.05) is 59.9 Å². The fourth-order valence-electron chi connectivity index (χ4n) is 4.00. The maximum absolute atomic E-state index is 13.0. The summed E-state index contributed by atoms with van der Waals surface area (Å²) < 4.78 is 9.85. The Kier molecular flexibility index (Phi) is 13.2. The van der Waals surface area contributed by atoms with Crippen LogP contribution < -0.4 is 9.50 Å². The number of carbonyl (C=O) groups excluding carboxylic acids is 1. The number of hydrogen-bond acceptors (Lipinski definition) is 5. The predicted molar refractivity (Wildman–Crippen MR) is 160 cm³/mol. The van der Waals surface area contributed by atoms with Gasteiger partial charge in [-0.15, -0.1) is 0 Å². The van der Waals surface area contributed by atoms with E-state index in [9.17, 15) is 4.79 Å². The molecule has 1 amide bonds. The molecule has 0 heterocycles. The summed E-state index contributed by atoms with van der Waals surface area (Å²) in [7, 11) is 3.25. The SMILES string of the molecule is COC.Cc1ccc(Br)cc1NC(=O)C1CCC(=N)C[C@H]1c1cccc(Cl)c1.Cc1ccc(OS)cc1. The van der Waals surface area contributed by atoms with Crippen LogP contribution in [0, 0.1) is 25.2 Å². The Morgan fingerprint density at radius 3 is 2.38 bits per heavy atom. The van der Waals surface area contributed by atoms with Crippen LogP contribution in [0.5, 0.6) is 5.75 Å². The first-order valence-corrected chi connectivity index (χ1v) is 13.4. The van der Waals surface area contributed by atoms with Crippen LogP contribution in [0.2, 0.25) is 5.02 Å². The Morgan fingerprint density at radius 2 is 1.76 bits per heavy atom. The number of benzene rings is 3. The standard InChI is InChI=1S/C20H20BrClN2O.C7H8OS.C2H6O/c1-12-5-6-14(21)10-19(12)24-20(25)17-8-7-16(23)11-18(17)13-3-2-4-15(22)9-13;1-6-2-4-7(8-9)5-3-6;1-3-2/h2-6,9-10,17-18,23H,7-8,11H2,1H3,(H,24,25);2-5,9H,1H3;1-2H3/t17?,18-;;/m0../s1. The second-order valence-electron chi connectivity index (χ2n) is 8.88. The maximum Gasteiger partial charge on any atom is 0.228 e. The van der Waals surface area contributed by atoms with Gasteiger partial charge in [-0.2, -0.15) is 0 Å². The number of carbonyl (C=O) groups is 1. The van der Waals surface area contributed by atoms with Crippen LogP contribution in [-0.4, -0.2) is 25.8 Å². The number of methoxy groups -OCH3 is 1. The van der Waals surface area contributed by atoms with E-state index < -0.39 is 0 Å². The van der Waals surface area contributed by atoms with E-state index in [0.717, 1.165) is 27.0 Å². The van der Waals surface area contributed by atoms with E-state index in [0.29, 0.717) is 30.0 Å². The zero-order valence-electron chi connectivity index (χ0n) is 21.6. The number of amides is 1. The summed E-state index contributed by atoms with van der Waals surface area (Å²) in [4.78, 5) is 13.0. The lowest BCUT2D eigenvalue weighted by Gasteiger charge is -2.31. The molecule has 5 nitrogen and oxygen atoms in total. The van der Waals surface area contributed by atoms with Gasteiger partial charge in [-0.1, -0.05) is 63.4 Å². The molecule has 1 aliphatic carbocycles. The highest BCUT2D eigenvalue weighted by atomic mass is 79.9. The third kappa shape index (κ3) is 10.2.